The van der Waals surface area contributed by atoms with Gasteiger partial charge >= 0.3 is 6.18 Å². The van der Waals surface area contributed by atoms with Crippen LogP contribution in [0.3, 0.4) is 0 Å². The summed E-state index contributed by atoms with van der Waals surface area (Å²) in [6, 6.07) is 0.927. The van der Waals surface area contributed by atoms with Gasteiger partial charge in [0.25, 0.3) is 5.56 Å². The minimum absolute atomic E-state index is 0.313. The maximum Gasteiger partial charge on any atom is 0.431 e. The molecular weight excluding hydrogens is 183 g/mol. The van der Waals surface area contributed by atoms with E-state index in [1.165, 1.54) is 13.8 Å². The summed E-state index contributed by atoms with van der Waals surface area (Å²) in [5, 5.41) is 0. The van der Waals surface area contributed by atoms with E-state index in [1.807, 2.05) is 0 Å². The van der Waals surface area contributed by atoms with Crippen LogP contribution in [0, 0.1) is 13.8 Å². The molecule has 1 aromatic heterocycles. The summed E-state index contributed by atoms with van der Waals surface area (Å²) in [5.74, 6) is 0. The first kappa shape index (κ1) is 9.83. The predicted molar refractivity (Wildman–Crippen MR) is 41.5 cm³/mol. The van der Waals surface area contributed by atoms with Gasteiger partial charge in [0.15, 0.2) is 0 Å². The fraction of sp³-hybridized carbons (Fsp3) is 0.375. The maximum absolute atomic E-state index is 12.1. The summed E-state index contributed by atoms with van der Waals surface area (Å²) in [4.78, 5) is 12.7. The van der Waals surface area contributed by atoms with Crippen molar-refractivity contribution in [1.29, 1.82) is 0 Å². The van der Waals surface area contributed by atoms with Crippen LogP contribution in [-0.2, 0) is 6.18 Å². The predicted octanol–water partition coefficient (Wildman–Crippen LogP) is 2.01. The van der Waals surface area contributed by atoms with Crippen molar-refractivity contribution in [3.63, 3.8) is 0 Å². The number of nitrogens with one attached hydrogen (secondary N) is 1. The van der Waals surface area contributed by atoms with E-state index in [1.54, 1.807) is 4.98 Å². The minimum atomic E-state index is -4.49. The van der Waals surface area contributed by atoms with E-state index in [2.05, 4.69) is 0 Å². The summed E-state index contributed by atoms with van der Waals surface area (Å²) in [7, 11) is 0. The standard InChI is InChI=1S/C8H8F3NO/c1-4-3-6(8(9,10)11)12-7(13)5(4)2/h3H,1-2H3,(H,12,13). The van der Waals surface area contributed by atoms with Crippen LogP contribution >= 0.6 is 0 Å². The second-order valence-electron chi connectivity index (χ2n) is 2.82. The number of aryl methyl sites for hydroxylation is 1. The third-order valence-corrected chi connectivity index (χ3v) is 1.85. The first-order valence-corrected chi connectivity index (χ1v) is 3.60. The number of hydrogen-bond acceptors (Lipinski definition) is 1. The second-order valence-corrected chi connectivity index (χ2v) is 2.82. The third kappa shape index (κ3) is 1.91. The lowest BCUT2D eigenvalue weighted by Crippen LogP contribution is -2.19. The van der Waals surface area contributed by atoms with E-state index in [4.69, 9.17) is 0 Å². The second kappa shape index (κ2) is 2.90. The monoisotopic (exact) mass is 191 g/mol. The molecule has 0 amide bonds. The Morgan fingerprint density at radius 3 is 2.23 bits per heavy atom. The van der Waals surface area contributed by atoms with Crippen LogP contribution in [0.1, 0.15) is 16.8 Å². The van der Waals surface area contributed by atoms with Crippen LogP contribution in [-0.4, -0.2) is 4.98 Å². The quantitative estimate of drug-likeness (QED) is 0.668. The fourth-order valence-corrected chi connectivity index (χ4v) is 0.909. The molecule has 0 radical (unpaired) electrons. The summed E-state index contributed by atoms with van der Waals surface area (Å²) in [6.45, 7) is 2.95. The zero-order valence-corrected chi connectivity index (χ0v) is 7.12. The topological polar surface area (TPSA) is 32.9 Å². The van der Waals surface area contributed by atoms with Gasteiger partial charge in [-0.05, 0) is 25.5 Å². The largest absolute Gasteiger partial charge is 0.431 e. The van der Waals surface area contributed by atoms with Crippen molar-refractivity contribution >= 4 is 0 Å². The molecule has 0 atom stereocenters. The Morgan fingerprint density at radius 2 is 1.85 bits per heavy atom. The van der Waals surface area contributed by atoms with Crippen molar-refractivity contribution in [1.82, 2.24) is 4.98 Å². The van der Waals surface area contributed by atoms with Crippen molar-refractivity contribution < 1.29 is 13.2 Å². The van der Waals surface area contributed by atoms with Crippen LogP contribution < -0.4 is 5.56 Å². The van der Waals surface area contributed by atoms with Crippen LogP contribution in [0.4, 0.5) is 13.2 Å². The van der Waals surface area contributed by atoms with E-state index in [0.29, 0.717) is 11.1 Å². The molecule has 0 fully saturated rings. The van der Waals surface area contributed by atoms with Gasteiger partial charge in [0.2, 0.25) is 0 Å². The van der Waals surface area contributed by atoms with Crippen molar-refractivity contribution in [2.24, 2.45) is 0 Å². The Kier molecular flexibility index (Phi) is 2.19. The average molecular weight is 191 g/mol. The molecule has 0 aliphatic carbocycles. The summed E-state index contributed by atoms with van der Waals surface area (Å²) >= 11 is 0. The van der Waals surface area contributed by atoms with Gasteiger partial charge in [-0.2, -0.15) is 13.2 Å². The van der Waals surface area contributed by atoms with E-state index in [9.17, 15) is 18.0 Å². The van der Waals surface area contributed by atoms with E-state index in [-0.39, 0.29) is 0 Å². The molecule has 0 saturated heterocycles. The molecule has 1 N–H and O–H groups in total. The molecule has 1 rings (SSSR count). The van der Waals surface area contributed by atoms with Crippen LogP contribution in [0.5, 0.6) is 0 Å². The lowest BCUT2D eigenvalue weighted by atomic mass is 10.1. The highest BCUT2D eigenvalue weighted by molar-refractivity contribution is 5.25. The number of pyridine rings is 1. The minimum Gasteiger partial charge on any atom is -0.318 e. The average Bonchev–Trinajstić information content (AvgIpc) is 1.97. The number of aromatic amines is 1. The number of aromatic nitrogens is 1. The molecule has 5 heteroatoms. The smallest absolute Gasteiger partial charge is 0.318 e. The lowest BCUT2D eigenvalue weighted by Gasteiger charge is -2.07. The summed E-state index contributed by atoms with van der Waals surface area (Å²) < 4.78 is 36.3. The Bertz CT molecular complexity index is 378. The van der Waals surface area contributed by atoms with Crippen molar-refractivity contribution in [2.45, 2.75) is 20.0 Å². The van der Waals surface area contributed by atoms with Gasteiger partial charge in [0, 0.05) is 5.56 Å². The van der Waals surface area contributed by atoms with Gasteiger partial charge in [0.1, 0.15) is 5.69 Å². The van der Waals surface area contributed by atoms with Gasteiger partial charge in [-0.3, -0.25) is 4.79 Å². The first-order valence-electron chi connectivity index (χ1n) is 3.60. The number of rotatable bonds is 0. The summed E-state index contributed by atoms with van der Waals surface area (Å²) in [5.41, 5.74) is -1.03. The van der Waals surface area contributed by atoms with Gasteiger partial charge in [-0.25, -0.2) is 0 Å². The Hall–Kier alpha value is -1.26. The molecule has 72 valence electrons. The zero-order valence-electron chi connectivity index (χ0n) is 7.12. The van der Waals surface area contributed by atoms with E-state index >= 15 is 0 Å². The SMILES string of the molecule is Cc1cc(C(F)(F)F)[nH]c(=O)c1C. The van der Waals surface area contributed by atoms with Crippen LogP contribution in [0.2, 0.25) is 0 Å². The Morgan fingerprint density at radius 1 is 1.31 bits per heavy atom. The molecule has 0 aliphatic heterocycles. The number of H-pyrrole nitrogens is 1. The molecule has 0 saturated carbocycles. The van der Waals surface area contributed by atoms with Crippen molar-refractivity contribution in [3.8, 4) is 0 Å². The lowest BCUT2D eigenvalue weighted by molar-refractivity contribution is -0.141. The molecule has 1 aromatic rings. The van der Waals surface area contributed by atoms with Crippen molar-refractivity contribution in [3.05, 3.63) is 33.2 Å². The molecule has 0 bridgehead atoms. The molecular formula is C8H8F3NO. The molecule has 0 aliphatic rings. The van der Waals surface area contributed by atoms with Crippen LogP contribution in [0.15, 0.2) is 10.9 Å². The fourth-order valence-electron chi connectivity index (χ4n) is 0.909. The molecule has 0 unspecified atom stereocenters. The first-order chi connectivity index (χ1) is 5.82. The van der Waals surface area contributed by atoms with Crippen molar-refractivity contribution in [2.75, 3.05) is 0 Å². The highest BCUT2D eigenvalue weighted by Gasteiger charge is 2.32. The number of hydrogen-bond donors (Lipinski definition) is 1. The molecule has 1 heterocycles. The number of halogens is 3. The number of alkyl halides is 3. The Labute approximate surface area is 72.4 Å². The molecule has 13 heavy (non-hydrogen) atoms. The normalized spacial score (nSPS) is 11.8. The molecule has 0 spiro atoms. The molecule has 2 nitrogen and oxygen atoms in total. The zero-order chi connectivity index (χ0) is 10.2. The van der Waals surface area contributed by atoms with E-state index < -0.39 is 17.4 Å². The van der Waals surface area contributed by atoms with Crippen LogP contribution in [0.25, 0.3) is 0 Å². The van der Waals surface area contributed by atoms with Gasteiger partial charge in [0.05, 0.1) is 0 Å². The van der Waals surface area contributed by atoms with E-state index in [0.717, 1.165) is 6.07 Å². The van der Waals surface area contributed by atoms with Gasteiger partial charge < -0.3 is 4.98 Å². The summed E-state index contributed by atoms with van der Waals surface area (Å²) in [6.07, 6.45) is -4.49. The Balaban J connectivity index is 3.38. The van der Waals surface area contributed by atoms with Gasteiger partial charge in [-0.1, -0.05) is 0 Å². The maximum atomic E-state index is 12.1. The van der Waals surface area contributed by atoms with Gasteiger partial charge in [-0.15, -0.1) is 0 Å². The third-order valence-electron chi connectivity index (χ3n) is 1.85. The highest BCUT2D eigenvalue weighted by Crippen LogP contribution is 2.27. The highest BCUT2D eigenvalue weighted by atomic mass is 19.4. The molecule has 0 aromatic carbocycles.